The Bertz CT molecular complexity index is 507. The molecule has 1 unspecified atom stereocenters. The zero-order valence-electron chi connectivity index (χ0n) is 10.7. The summed E-state index contributed by atoms with van der Waals surface area (Å²) in [5.41, 5.74) is -0.301. The van der Waals surface area contributed by atoms with Crippen molar-refractivity contribution in [3.63, 3.8) is 0 Å². The summed E-state index contributed by atoms with van der Waals surface area (Å²) < 4.78 is 0. The number of hydrogen-bond donors (Lipinski definition) is 2. The molecule has 3 nitrogen and oxygen atoms in total. The van der Waals surface area contributed by atoms with Crippen LogP contribution in [0.3, 0.4) is 0 Å². The number of carboxylic acid groups (broad SMARTS) is 1. The molecule has 2 aromatic carbocycles. The molecule has 0 spiro atoms. The summed E-state index contributed by atoms with van der Waals surface area (Å²) in [5.74, 6) is -1.84. The molecule has 0 bridgehead atoms. The third-order valence-electron chi connectivity index (χ3n) is 3.26. The minimum atomic E-state index is -1.86. The van der Waals surface area contributed by atoms with Gasteiger partial charge < -0.3 is 10.2 Å². The van der Waals surface area contributed by atoms with Crippen molar-refractivity contribution in [2.24, 2.45) is 0 Å². The molecule has 0 saturated heterocycles. The Labute approximate surface area is 112 Å². The van der Waals surface area contributed by atoms with E-state index in [2.05, 4.69) is 0 Å². The Hall–Kier alpha value is -2.13. The molecule has 2 aromatic rings. The van der Waals surface area contributed by atoms with E-state index < -0.39 is 17.5 Å². The van der Waals surface area contributed by atoms with Crippen LogP contribution in [0.4, 0.5) is 0 Å². The van der Waals surface area contributed by atoms with Crippen molar-refractivity contribution in [3.05, 3.63) is 71.8 Å². The number of aliphatic hydroxyl groups is 1. The van der Waals surface area contributed by atoms with E-state index in [0.29, 0.717) is 0 Å². The SMILES string of the molecule is CC(O)(C(=O)O)C(c1ccccc1)c1ccccc1. The van der Waals surface area contributed by atoms with E-state index in [-0.39, 0.29) is 0 Å². The van der Waals surface area contributed by atoms with Gasteiger partial charge in [0.2, 0.25) is 0 Å². The van der Waals surface area contributed by atoms with Crippen LogP contribution in [-0.4, -0.2) is 21.8 Å². The van der Waals surface area contributed by atoms with E-state index >= 15 is 0 Å². The first-order valence-corrected chi connectivity index (χ1v) is 6.09. The third-order valence-corrected chi connectivity index (χ3v) is 3.26. The highest BCUT2D eigenvalue weighted by Crippen LogP contribution is 2.34. The van der Waals surface area contributed by atoms with Crippen molar-refractivity contribution in [3.8, 4) is 0 Å². The van der Waals surface area contributed by atoms with E-state index in [1.807, 2.05) is 60.7 Å². The first kappa shape index (κ1) is 13.3. The molecule has 0 aliphatic rings. The maximum absolute atomic E-state index is 11.4. The lowest BCUT2D eigenvalue weighted by Gasteiger charge is -2.30. The quantitative estimate of drug-likeness (QED) is 0.884. The first-order valence-electron chi connectivity index (χ1n) is 6.09. The second-order valence-electron chi connectivity index (χ2n) is 4.71. The second kappa shape index (κ2) is 5.24. The lowest BCUT2D eigenvalue weighted by molar-refractivity contribution is -0.157. The molecule has 0 aromatic heterocycles. The van der Waals surface area contributed by atoms with Gasteiger partial charge >= 0.3 is 5.97 Å². The van der Waals surface area contributed by atoms with Gasteiger partial charge in [0.15, 0.2) is 5.60 Å². The lowest BCUT2D eigenvalue weighted by Crippen LogP contribution is -2.42. The van der Waals surface area contributed by atoms with Crippen LogP contribution in [0.1, 0.15) is 24.0 Å². The predicted molar refractivity (Wildman–Crippen MR) is 73.0 cm³/mol. The van der Waals surface area contributed by atoms with Crippen molar-refractivity contribution >= 4 is 5.97 Å². The lowest BCUT2D eigenvalue weighted by atomic mass is 9.78. The van der Waals surface area contributed by atoms with Crippen molar-refractivity contribution < 1.29 is 15.0 Å². The Morgan fingerprint density at radius 3 is 1.63 bits per heavy atom. The normalized spacial score (nSPS) is 14.1. The van der Waals surface area contributed by atoms with Gasteiger partial charge in [-0.3, -0.25) is 0 Å². The number of aliphatic carboxylic acids is 1. The van der Waals surface area contributed by atoms with Crippen molar-refractivity contribution in [1.82, 2.24) is 0 Å². The van der Waals surface area contributed by atoms with Gasteiger partial charge in [-0.1, -0.05) is 60.7 Å². The highest BCUT2D eigenvalue weighted by atomic mass is 16.4. The fourth-order valence-electron chi connectivity index (χ4n) is 2.26. The molecule has 0 heterocycles. The summed E-state index contributed by atoms with van der Waals surface area (Å²) in [6, 6.07) is 18.4. The molecule has 3 heteroatoms. The van der Waals surface area contributed by atoms with E-state index in [1.54, 1.807) is 0 Å². The molecule has 98 valence electrons. The van der Waals surface area contributed by atoms with E-state index in [9.17, 15) is 15.0 Å². The molecule has 0 amide bonds. The second-order valence-corrected chi connectivity index (χ2v) is 4.71. The molecule has 0 aliphatic heterocycles. The van der Waals surface area contributed by atoms with Crippen LogP contribution >= 0.6 is 0 Å². The van der Waals surface area contributed by atoms with Gasteiger partial charge in [0.25, 0.3) is 0 Å². The molecule has 1 atom stereocenters. The summed E-state index contributed by atoms with van der Waals surface area (Å²) >= 11 is 0. The third kappa shape index (κ3) is 2.66. The van der Waals surface area contributed by atoms with Gasteiger partial charge in [0, 0.05) is 5.92 Å². The Morgan fingerprint density at radius 1 is 0.947 bits per heavy atom. The highest BCUT2D eigenvalue weighted by Gasteiger charge is 2.41. The topological polar surface area (TPSA) is 57.5 Å². The van der Waals surface area contributed by atoms with Crippen LogP contribution in [0.25, 0.3) is 0 Å². The van der Waals surface area contributed by atoms with Gasteiger partial charge in [-0.05, 0) is 18.1 Å². The van der Waals surface area contributed by atoms with Crippen LogP contribution in [0.15, 0.2) is 60.7 Å². The minimum absolute atomic E-state index is 0.604. The van der Waals surface area contributed by atoms with Gasteiger partial charge in [0.1, 0.15) is 0 Å². The van der Waals surface area contributed by atoms with Gasteiger partial charge in [-0.2, -0.15) is 0 Å². The van der Waals surface area contributed by atoms with Crippen molar-refractivity contribution in [2.45, 2.75) is 18.4 Å². The molecule has 0 aliphatic carbocycles. The monoisotopic (exact) mass is 256 g/mol. The molecule has 19 heavy (non-hydrogen) atoms. The van der Waals surface area contributed by atoms with Crippen LogP contribution in [0, 0.1) is 0 Å². The standard InChI is InChI=1S/C16H16O3/c1-16(19,15(17)18)14(12-8-4-2-5-9-12)13-10-6-3-7-11-13/h2-11,14,19H,1H3,(H,17,18). The summed E-state index contributed by atoms with van der Waals surface area (Å²) in [7, 11) is 0. The molecule has 2 N–H and O–H groups in total. The van der Waals surface area contributed by atoms with Crippen LogP contribution in [-0.2, 0) is 4.79 Å². The predicted octanol–water partition coefficient (Wildman–Crippen LogP) is 2.65. The summed E-state index contributed by atoms with van der Waals surface area (Å²) in [6.45, 7) is 1.33. The molecular formula is C16H16O3. The smallest absolute Gasteiger partial charge is 0.336 e. The Morgan fingerprint density at radius 2 is 1.32 bits per heavy atom. The zero-order valence-corrected chi connectivity index (χ0v) is 10.7. The average Bonchev–Trinajstić information content (AvgIpc) is 2.41. The summed E-state index contributed by atoms with van der Waals surface area (Å²) in [4.78, 5) is 11.4. The van der Waals surface area contributed by atoms with Gasteiger partial charge in [-0.25, -0.2) is 4.79 Å². The minimum Gasteiger partial charge on any atom is -0.479 e. The highest BCUT2D eigenvalue weighted by molar-refractivity contribution is 5.79. The number of benzene rings is 2. The Kier molecular flexibility index (Phi) is 3.67. The first-order chi connectivity index (χ1) is 9.03. The summed E-state index contributed by atoms with van der Waals surface area (Å²) in [6.07, 6.45) is 0. The van der Waals surface area contributed by atoms with E-state index in [0.717, 1.165) is 11.1 Å². The molecule has 2 rings (SSSR count). The number of hydrogen-bond acceptors (Lipinski definition) is 2. The maximum atomic E-state index is 11.4. The number of rotatable bonds is 4. The van der Waals surface area contributed by atoms with Crippen LogP contribution in [0.2, 0.25) is 0 Å². The number of carboxylic acids is 1. The fourth-order valence-corrected chi connectivity index (χ4v) is 2.26. The average molecular weight is 256 g/mol. The molecule has 0 saturated carbocycles. The molecule has 0 fully saturated rings. The number of carbonyl (C=O) groups is 1. The maximum Gasteiger partial charge on any atom is 0.336 e. The largest absolute Gasteiger partial charge is 0.479 e. The van der Waals surface area contributed by atoms with E-state index in [4.69, 9.17) is 0 Å². The van der Waals surface area contributed by atoms with Crippen LogP contribution in [0.5, 0.6) is 0 Å². The molecular weight excluding hydrogens is 240 g/mol. The zero-order chi connectivity index (χ0) is 13.9. The van der Waals surface area contributed by atoms with Gasteiger partial charge in [0.05, 0.1) is 0 Å². The van der Waals surface area contributed by atoms with Crippen LogP contribution < -0.4 is 0 Å². The van der Waals surface area contributed by atoms with Gasteiger partial charge in [-0.15, -0.1) is 0 Å². The Balaban J connectivity index is 2.55. The molecule has 0 radical (unpaired) electrons. The van der Waals surface area contributed by atoms with Crippen molar-refractivity contribution in [1.29, 1.82) is 0 Å². The van der Waals surface area contributed by atoms with Crippen molar-refractivity contribution in [2.75, 3.05) is 0 Å². The fraction of sp³-hybridized carbons (Fsp3) is 0.188. The summed E-state index contributed by atoms with van der Waals surface area (Å²) in [5, 5.41) is 19.6. The van der Waals surface area contributed by atoms with E-state index in [1.165, 1.54) is 6.92 Å².